The van der Waals surface area contributed by atoms with Crippen LogP contribution in [0.25, 0.3) is 0 Å². The van der Waals surface area contributed by atoms with Crippen molar-refractivity contribution >= 4 is 5.78 Å². The first-order valence-electron chi connectivity index (χ1n) is 8.61. The molecule has 1 saturated carbocycles. The molecule has 2 aromatic rings. The number of Topliss-reactive ketones (excluding diaryl/α,β-unsaturated/α-hetero) is 1. The number of aryl methyl sites for hydroxylation is 1. The molecular weight excluding hydrogens is 302 g/mol. The quantitative estimate of drug-likeness (QED) is 0.819. The zero-order valence-corrected chi connectivity index (χ0v) is 14.0. The van der Waals surface area contributed by atoms with Crippen molar-refractivity contribution < 1.29 is 4.79 Å². The third-order valence-corrected chi connectivity index (χ3v) is 4.78. The Hall–Kier alpha value is -2.30. The van der Waals surface area contributed by atoms with Gasteiger partial charge in [0.1, 0.15) is 5.82 Å². The topological polar surface area (TPSA) is 64.8 Å². The summed E-state index contributed by atoms with van der Waals surface area (Å²) < 4.78 is 1.61. The molecule has 0 radical (unpaired) electrons. The van der Waals surface area contributed by atoms with Crippen molar-refractivity contribution in [1.82, 2.24) is 14.5 Å². The highest BCUT2D eigenvalue weighted by Gasteiger charge is 2.27. The minimum absolute atomic E-state index is 0.0146. The Kier molecular flexibility index (Phi) is 5.18. The molecule has 0 aromatic carbocycles. The van der Waals surface area contributed by atoms with E-state index >= 15 is 0 Å². The van der Waals surface area contributed by atoms with Crippen LogP contribution in [0.3, 0.4) is 0 Å². The first kappa shape index (κ1) is 16.6. The van der Waals surface area contributed by atoms with Crippen molar-refractivity contribution in [3.8, 4) is 0 Å². The van der Waals surface area contributed by atoms with Gasteiger partial charge < -0.3 is 4.57 Å². The van der Waals surface area contributed by atoms with E-state index < -0.39 is 6.04 Å². The van der Waals surface area contributed by atoms with Crippen LogP contribution >= 0.6 is 0 Å². The van der Waals surface area contributed by atoms with E-state index in [4.69, 9.17) is 0 Å². The molecule has 0 spiro atoms. The molecule has 0 amide bonds. The van der Waals surface area contributed by atoms with Crippen LogP contribution in [0.2, 0.25) is 0 Å². The molecule has 0 N–H and O–H groups in total. The molecule has 2 aromatic heterocycles. The van der Waals surface area contributed by atoms with Gasteiger partial charge in [0, 0.05) is 24.7 Å². The average Bonchev–Trinajstić information content (AvgIpc) is 3.09. The van der Waals surface area contributed by atoms with Crippen molar-refractivity contribution in [2.45, 2.75) is 51.5 Å². The van der Waals surface area contributed by atoms with Crippen LogP contribution in [-0.2, 0) is 11.2 Å². The van der Waals surface area contributed by atoms with Crippen LogP contribution in [-0.4, -0.2) is 20.3 Å². The fourth-order valence-electron chi connectivity index (χ4n) is 3.52. The number of carbonyl (C=O) groups is 1. The van der Waals surface area contributed by atoms with Crippen LogP contribution < -0.4 is 5.56 Å². The first-order valence-corrected chi connectivity index (χ1v) is 8.61. The summed E-state index contributed by atoms with van der Waals surface area (Å²) in [7, 11) is 0. The highest BCUT2D eigenvalue weighted by atomic mass is 16.1. The molecule has 126 valence electrons. The SMILES string of the molecule is Cc1ccc(=O)n([C@@H](CC2CCCC2)C(=O)Cc2ncccn2)c1. The lowest BCUT2D eigenvalue weighted by atomic mass is 9.94. The molecule has 1 aliphatic carbocycles. The lowest BCUT2D eigenvalue weighted by Crippen LogP contribution is -2.32. The van der Waals surface area contributed by atoms with E-state index in [-0.39, 0.29) is 17.8 Å². The second-order valence-corrected chi connectivity index (χ2v) is 6.66. The van der Waals surface area contributed by atoms with Crippen molar-refractivity contribution in [1.29, 1.82) is 0 Å². The van der Waals surface area contributed by atoms with Gasteiger partial charge in [0.2, 0.25) is 0 Å². The number of hydrogen-bond acceptors (Lipinski definition) is 4. The highest BCUT2D eigenvalue weighted by Crippen LogP contribution is 2.32. The maximum atomic E-state index is 12.9. The summed E-state index contributed by atoms with van der Waals surface area (Å²) in [5.41, 5.74) is 0.862. The summed E-state index contributed by atoms with van der Waals surface area (Å²) in [4.78, 5) is 33.5. The predicted octanol–water partition coefficient (Wildman–Crippen LogP) is 2.88. The van der Waals surface area contributed by atoms with Gasteiger partial charge >= 0.3 is 0 Å². The number of pyridine rings is 1. The summed E-state index contributed by atoms with van der Waals surface area (Å²) >= 11 is 0. The zero-order valence-electron chi connectivity index (χ0n) is 14.0. The summed E-state index contributed by atoms with van der Waals surface area (Å²) in [5.74, 6) is 1.04. The number of aromatic nitrogens is 3. The molecule has 1 atom stereocenters. The van der Waals surface area contributed by atoms with E-state index in [9.17, 15) is 9.59 Å². The predicted molar refractivity (Wildman–Crippen MR) is 91.8 cm³/mol. The van der Waals surface area contributed by atoms with E-state index in [1.807, 2.05) is 6.92 Å². The van der Waals surface area contributed by atoms with Crippen LogP contribution in [0.1, 0.15) is 49.5 Å². The van der Waals surface area contributed by atoms with Crippen LogP contribution in [0.4, 0.5) is 0 Å². The fourth-order valence-corrected chi connectivity index (χ4v) is 3.52. The van der Waals surface area contributed by atoms with Gasteiger partial charge in [-0.05, 0) is 30.9 Å². The number of carbonyl (C=O) groups excluding carboxylic acids is 1. The van der Waals surface area contributed by atoms with Gasteiger partial charge in [0.05, 0.1) is 12.5 Å². The number of rotatable bonds is 6. The summed E-state index contributed by atoms with van der Waals surface area (Å²) in [6.07, 6.45) is 10.7. The second kappa shape index (κ2) is 7.51. The van der Waals surface area contributed by atoms with Gasteiger partial charge in [-0.3, -0.25) is 9.59 Å². The van der Waals surface area contributed by atoms with Crippen LogP contribution in [0.15, 0.2) is 41.6 Å². The van der Waals surface area contributed by atoms with Gasteiger partial charge in [-0.2, -0.15) is 0 Å². The number of ketones is 1. The van der Waals surface area contributed by atoms with Crippen molar-refractivity contribution in [2.75, 3.05) is 0 Å². The Bertz CT molecular complexity index is 749. The minimum Gasteiger partial charge on any atom is -0.305 e. The fraction of sp³-hybridized carbons (Fsp3) is 0.474. The third-order valence-electron chi connectivity index (χ3n) is 4.78. The maximum Gasteiger partial charge on any atom is 0.251 e. The first-order chi connectivity index (χ1) is 11.6. The maximum absolute atomic E-state index is 12.9. The monoisotopic (exact) mass is 325 g/mol. The number of nitrogens with zero attached hydrogens (tertiary/aromatic N) is 3. The molecule has 0 aliphatic heterocycles. The van der Waals surface area contributed by atoms with Gasteiger partial charge in [-0.15, -0.1) is 0 Å². The average molecular weight is 325 g/mol. The van der Waals surface area contributed by atoms with E-state index in [0.29, 0.717) is 11.7 Å². The molecule has 0 saturated heterocycles. The normalized spacial score (nSPS) is 16.2. The molecule has 1 aliphatic rings. The lowest BCUT2D eigenvalue weighted by molar-refractivity contribution is -0.122. The Labute approximate surface area is 141 Å². The summed E-state index contributed by atoms with van der Waals surface area (Å²) in [6.45, 7) is 1.94. The molecule has 1 fully saturated rings. The molecule has 0 bridgehead atoms. The largest absolute Gasteiger partial charge is 0.305 e. The van der Waals surface area contributed by atoms with E-state index in [0.717, 1.165) is 24.8 Å². The molecule has 0 unspecified atom stereocenters. The van der Waals surface area contributed by atoms with Gasteiger partial charge in [-0.25, -0.2) is 9.97 Å². The van der Waals surface area contributed by atoms with Crippen molar-refractivity contribution in [2.24, 2.45) is 5.92 Å². The number of hydrogen-bond donors (Lipinski definition) is 0. The van der Waals surface area contributed by atoms with Crippen molar-refractivity contribution in [3.05, 3.63) is 58.5 Å². The molecule has 24 heavy (non-hydrogen) atoms. The summed E-state index contributed by atoms with van der Waals surface area (Å²) in [6, 6.07) is 4.64. The third kappa shape index (κ3) is 3.96. The smallest absolute Gasteiger partial charge is 0.251 e. The Balaban J connectivity index is 1.87. The van der Waals surface area contributed by atoms with Crippen molar-refractivity contribution in [3.63, 3.8) is 0 Å². The van der Waals surface area contributed by atoms with Crippen LogP contribution in [0, 0.1) is 12.8 Å². The molecule has 5 nitrogen and oxygen atoms in total. The molecule has 3 rings (SSSR count). The minimum atomic E-state index is -0.427. The van der Waals surface area contributed by atoms with Gasteiger partial charge in [0.25, 0.3) is 5.56 Å². The highest BCUT2D eigenvalue weighted by molar-refractivity contribution is 5.84. The molecular formula is C19H23N3O2. The Morgan fingerprint density at radius 2 is 1.96 bits per heavy atom. The molecule has 2 heterocycles. The second-order valence-electron chi connectivity index (χ2n) is 6.66. The zero-order chi connectivity index (χ0) is 16.9. The van der Waals surface area contributed by atoms with E-state index in [2.05, 4.69) is 9.97 Å². The van der Waals surface area contributed by atoms with E-state index in [1.165, 1.54) is 12.8 Å². The molecule has 5 heteroatoms. The van der Waals surface area contributed by atoms with Gasteiger partial charge in [-0.1, -0.05) is 31.7 Å². The standard InChI is InChI=1S/C19H23N3O2/c1-14-7-8-19(24)22(13-14)16(11-15-5-2-3-6-15)17(23)12-18-20-9-4-10-21-18/h4,7-10,13,15-16H,2-3,5-6,11-12H2,1H3/t16-/m0/s1. The van der Waals surface area contributed by atoms with Crippen LogP contribution in [0.5, 0.6) is 0 Å². The van der Waals surface area contributed by atoms with Gasteiger partial charge in [0.15, 0.2) is 5.78 Å². The Morgan fingerprint density at radius 1 is 1.25 bits per heavy atom. The summed E-state index contributed by atoms with van der Waals surface area (Å²) in [5, 5.41) is 0. The van der Waals surface area contributed by atoms with E-state index in [1.54, 1.807) is 41.4 Å². The lowest BCUT2D eigenvalue weighted by Gasteiger charge is -2.22. The Morgan fingerprint density at radius 3 is 2.67 bits per heavy atom.